The van der Waals surface area contributed by atoms with Gasteiger partial charge in [0.15, 0.2) is 0 Å². The molecule has 122 valence electrons. The van der Waals surface area contributed by atoms with E-state index in [0.717, 1.165) is 38.5 Å². The van der Waals surface area contributed by atoms with Crippen LogP contribution < -0.4 is 4.90 Å². The Bertz CT molecular complexity index is 643. The van der Waals surface area contributed by atoms with Crippen molar-refractivity contribution in [2.24, 2.45) is 4.99 Å². The Labute approximate surface area is 137 Å². The van der Waals surface area contributed by atoms with E-state index in [1.807, 2.05) is 37.2 Å². The second-order valence-electron chi connectivity index (χ2n) is 6.62. The van der Waals surface area contributed by atoms with Crippen LogP contribution in [-0.4, -0.2) is 75.7 Å². The van der Waals surface area contributed by atoms with E-state index in [2.05, 4.69) is 27.9 Å². The van der Waals surface area contributed by atoms with Gasteiger partial charge in [-0.1, -0.05) is 6.07 Å². The summed E-state index contributed by atoms with van der Waals surface area (Å²) in [4.78, 5) is 10.8. The normalized spacial score (nSPS) is 20.5. The highest BCUT2D eigenvalue weighted by Crippen LogP contribution is 2.37. The maximum atomic E-state index is 9.57. The van der Waals surface area contributed by atoms with Crippen molar-refractivity contribution in [2.75, 3.05) is 58.8 Å². The molecule has 2 fully saturated rings. The average molecular weight is 313 g/mol. The van der Waals surface area contributed by atoms with Crippen LogP contribution in [0.15, 0.2) is 23.2 Å². The molecule has 0 radical (unpaired) electrons. The zero-order valence-corrected chi connectivity index (χ0v) is 14.0. The number of anilines is 1. The Morgan fingerprint density at radius 2 is 2.13 bits per heavy atom. The standard InChI is InChI=1S/C17H23N5O/c1-20(2)13-19-15-5-4-6-16(14(15)9-18)22-11-17(12-22)10-21(3)7-8-23-17/h4-6,13H,7-8,10-12H2,1-3H3. The molecule has 6 nitrogen and oxygen atoms in total. The van der Waals surface area contributed by atoms with Crippen molar-refractivity contribution in [1.82, 2.24) is 9.80 Å². The minimum atomic E-state index is -0.0807. The zero-order chi connectivity index (χ0) is 16.4. The smallest absolute Gasteiger partial charge is 0.116 e. The highest BCUT2D eigenvalue weighted by molar-refractivity contribution is 5.74. The van der Waals surface area contributed by atoms with Crippen LogP contribution in [0.25, 0.3) is 0 Å². The Kier molecular flexibility index (Phi) is 4.24. The van der Waals surface area contributed by atoms with Crippen LogP contribution in [0.2, 0.25) is 0 Å². The van der Waals surface area contributed by atoms with E-state index in [0.29, 0.717) is 11.3 Å². The molecule has 3 rings (SSSR count). The third-order valence-corrected chi connectivity index (χ3v) is 4.30. The quantitative estimate of drug-likeness (QED) is 0.622. The van der Waals surface area contributed by atoms with Gasteiger partial charge in [-0.05, 0) is 19.2 Å². The second-order valence-corrected chi connectivity index (χ2v) is 6.62. The number of aliphatic imine (C=N–C) groups is 1. The summed E-state index contributed by atoms with van der Waals surface area (Å²) in [5.74, 6) is 0. The summed E-state index contributed by atoms with van der Waals surface area (Å²) >= 11 is 0. The number of hydrogen-bond acceptors (Lipinski definition) is 5. The van der Waals surface area contributed by atoms with E-state index in [9.17, 15) is 5.26 Å². The first-order valence-corrected chi connectivity index (χ1v) is 7.84. The summed E-state index contributed by atoms with van der Waals surface area (Å²) in [5.41, 5.74) is 2.21. The predicted octanol–water partition coefficient (Wildman–Crippen LogP) is 1.30. The molecule has 1 aromatic rings. The van der Waals surface area contributed by atoms with E-state index < -0.39 is 0 Å². The number of rotatable bonds is 3. The molecule has 0 amide bonds. The fraction of sp³-hybridized carbons (Fsp3) is 0.529. The van der Waals surface area contributed by atoms with Gasteiger partial charge in [0.2, 0.25) is 0 Å². The summed E-state index contributed by atoms with van der Waals surface area (Å²) in [6, 6.07) is 8.14. The van der Waals surface area contributed by atoms with Gasteiger partial charge in [0.25, 0.3) is 0 Å². The molecule has 0 saturated carbocycles. The van der Waals surface area contributed by atoms with E-state index in [-0.39, 0.29) is 5.60 Å². The molecule has 0 atom stereocenters. The third-order valence-electron chi connectivity index (χ3n) is 4.30. The number of benzene rings is 1. The molecule has 0 aromatic heterocycles. The van der Waals surface area contributed by atoms with Crippen LogP contribution >= 0.6 is 0 Å². The van der Waals surface area contributed by atoms with E-state index in [4.69, 9.17) is 4.74 Å². The summed E-state index contributed by atoms with van der Waals surface area (Å²) in [6.07, 6.45) is 1.72. The molecular formula is C17H23N5O. The summed E-state index contributed by atoms with van der Waals surface area (Å²) in [7, 11) is 5.95. The lowest BCUT2D eigenvalue weighted by molar-refractivity contribution is -0.117. The lowest BCUT2D eigenvalue weighted by Crippen LogP contribution is -2.70. The predicted molar refractivity (Wildman–Crippen MR) is 91.4 cm³/mol. The molecule has 23 heavy (non-hydrogen) atoms. The van der Waals surface area contributed by atoms with Gasteiger partial charge in [0.05, 0.1) is 37.4 Å². The van der Waals surface area contributed by atoms with Gasteiger partial charge in [0.1, 0.15) is 17.2 Å². The lowest BCUT2D eigenvalue weighted by atomic mass is 9.90. The molecule has 2 aliphatic heterocycles. The first-order chi connectivity index (χ1) is 11.0. The molecule has 1 spiro atoms. The van der Waals surface area contributed by atoms with E-state index in [1.54, 1.807) is 6.34 Å². The second kappa shape index (κ2) is 6.19. The number of nitriles is 1. The Hall–Kier alpha value is -2.10. The molecule has 2 saturated heterocycles. The Morgan fingerprint density at radius 1 is 1.35 bits per heavy atom. The van der Waals surface area contributed by atoms with Crippen LogP contribution in [0.1, 0.15) is 5.56 Å². The molecule has 0 unspecified atom stereocenters. The summed E-state index contributed by atoms with van der Waals surface area (Å²) < 4.78 is 6.00. The topological polar surface area (TPSA) is 55.1 Å². The molecule has 1 aromatic carbocycles. The Balaban J connectivity index is 1.79. The van der Waals surface area contributed by atoms with Gasteiger partial charge in [-0.25, -0.2) is 4.99 Å². The Morgan fingerprint density at radius 3 is 2.78 bits per heavy atom. The summed E-state index contributed by atoms with van der Waals surface area (Å²) in [5, 5.41) is 9.57. The highest BCUT2D eigenvalue weighted by Gasteiger charge is 2.47. The number of ether oxygens (including phenoxy) is 1. The molecule has 2 heterocycles. The van der Waals surface area contributed by atoms with Gasteiger partial charge in [-0.3, -0.25) is 0 Å². The van der Waals surface area contributed by atoms with E-state index >= 15 is 0 Å². The van der Waals surface area contributed by atoms with Crippen LogP contribution in [-0.2, 0) is 4.74 Å². The summed E-state index contributed by atoms with van der Waals surface area (Å²) in [6.45, 7) is 4.37. The molecule has 2 aliphatic rings. The van der Waals surface area contributed by atoms with Gasteiger partial charge in [-0.15, -0.1) is 0 Å². The van der Waals surface area contributed by atoms with Crippen molar-refractivity contribution in [3.63, 3.8) is 0 Å². The maximum Gasteiger partial charge on any atom is 0.116 e. The van der Waals surface area contributed by atoms with Crippen LogP contribution in [0.3, 0.4) is 0 Å². The largest absolute Gasteiger partial charge is 0.369 e. The number of morpholine rings is 1. The SMILES string of the molecule is CN(C)C=Nc1cccc(N2CC3(CN(C)CCO3)C2)c1C#N. The fourth-order valence-electron chi connectivity index (χ4n) is 3.24. The monoisotopic (exact) mass is 313 g/mol. The first-order valence-electron chi connectivity index (χ1n) is 7.84. The molecule has 0 N–H and O–H groups in total. The van der Waals surface area contributed by atoms with Crippen molar-refractivity contribution in [1.29, 1.82) is 5.26 Å². The van der Waals surface area contributed by atoms with Crippen LogP contribution in [0.4, 0.5) is 11.4 Å². The third kappa shape index (κ3) is 3.16. The minimum absolute atomic E-state index is 0.0807. The van der Waals surface area contributed by atoms with Crippen molar-refractivity contribution in [3.05, 3.63) is 23.8 Å². The van der Waals surface area contributed by atoms with Crippen molar-refractivity contribution < 1.29 is 4.74 Å². The lowest BCUT2D eigenvalue weighted by Gasteiger charge is -2.54. The van der Waals surface area contributed by atoms with Gasteiger partial charge >= 0.3 is 0 Å². The average Bonchev–Trinajstić information content (AvgIpc) is 2.50. The number of nitrogens with zero attached hydrogens (tertiary/aromatic N) is 5. The van der Waals surface area contributed by atoms with E-state index in [1.165, 1.54) is 0 Å². The minimum Gasteiger partial charge on any atom is -0.369 e. The first kappa shape index (κ1) is 15.8. The van der Waals surface area contributed by atoms with Crippen molar-refractivity contribution in [3.8, 4) is 6.07 Å². The molecule has 0 aliphatic carbocycles. The molecule has 6 heteroatoms. The maximum absolute atomic E-state index is 9.57. The zero-order valence-electron chi connectivity index (χ0n) is 14.0. The number of likely N-dealkylation sites (N-methyl/N-ethyl adjacent to an activating group) is 1. The highest BCUT2D eigenvalue weighted by atomic mass is 16.5. The van der Waals surface area contributed by atoms with Gasteiger partial charge in [0, 0.05) is 27.2 Å². The number of hydrogen-bond donors (Lipinski definition) is 0. The van der Waals surface area contributed by atoms with Gasteiger partial charge in [-0.2, -0.15) is 5.26 Å². The molecule has 0 bridgehead atoms. The van der Waals surface area contributed by atoms with Crippen LogP contribution in [0.5, 0.6) is 0 Å². The van der Waals surface area contributed by atoms with Crippen LogP contribution in [0, 0.1) is 11.3 Å². The van der Waals surface area contributed by atoms with Crippen molar-refractivity contribution in [2.45, 2.75) is 5.60 Å². The van der Waals surface area contributed by atoms with Crippen molar-refractivity contribution >= 4 is 17.7 Å². The fourth-order valence-corrected chi connectivity index (χ4v) is 3.24. The van der Waals surface area contributed by atoms with Gasteiger partial charge < -0.3 is 19.4 Å². The molecular weight excluding hydrogens is 290 g/mol.